The topological polar surface area (TPSA) is 90.7 Å². The molecule has 2 aromatic rings. The average molecular weight is 470 g/mol. The highest BCUT2D eigenvalue weighted by Crippen LogP contribution is 2.28. The highest BCUT2D eigenvalue weighted by Gasteiger charge is 2.28. The van der Waals surface area contributed by atoms with E-state index in [2.05, 4.69) is 6.07 Å². The zero-order valence-electron chi connectivity index (χ0n) is 19.3. The molecule has 0 spiro atoms. The molecular weight excluding hydrogens is 438 g/mol. The molecule has 1 aliphatic heterocycles. The predicted molar refractivity (Wildman–Crippen MR) is 126 cm³/mol. The molecule has 1 aliphatic rings. The maximum atomic E-state index is 13.5. The van der Waals surface area contributed by atoms with Gasteiger partial charge in [-0.25, -0.2) is 8.42 Å². The van der Waals surface area contributed by atoms with Gasteiger partial charge in [0, 0.05) is 26.2 Å². The van der Waals surface area contributed by atoms with Crippen molar-refractivity contribution in [2.75, 3.05) is 26.7 Å². The summed E-state index contributed by atoms with van der Waals surface area (Å²) in [6, 6.07) is 13.7. The van der Waals surface area contributed by atoms with Crippen LogP contribution in [0.3, 0.4) is 0 Å². The normalized spacial score (nSPS) is 14.8. The molecule has 33 heavy (non-hydrogen) atoms. The van der Waals surface area contributed by atoms with Gasteiger partial charge in [-0.1, -0.05) is 31.9 Å². The number of hydrogen-bond donors (Lipinski definition) is 0. The maximum Gasteiger partial charge on any atom is 0.257 e. The number of methoxy groups -OCH3 is 1. The number of ether oxygens (including phenoxy) is 1. The second-order valence-electron chi connectivity index (χ2n) is 8.22. The molecule has 2 aromatic carbocycles. The molecule has 0 saturated carbocycles. The molecule has 0 unspecified atom stereocenters. The van der Waals surface area contributed by atoms with E-state index < -0.39 is 10.0 Å². The third-order valence-electron chi connectivity index (χ3n) is 5.84. The number of hydrogen-bond acceptors (Lipinski definition) is 5. The van der Waals surface area contributed by atoms with Crippen molar-refractivity contribution in [2.45, 2.75) is 50.5 Å². The van der Waals surface area contributed by atoms with Crippen molar-refractivity contribution in [3.63, 3.8) is 0 Å². The molecule has 0 bridgehead atoms. The first-order valence-corrected chi connectivity index (χ1v) is 12.8. The van der Waals surface area contributed by atoms with Gasteiger partial charge in [0.25, 0.3) is 5.91 Å². The average Bonchev–Trinajstić information content (AvgIpc) is 3.13. The van der Waals surface area contributed by atoms with Crippen molar-refractivity contribution in [3.8, 4) is 11.8 Å². The van der Waals surface area contributed by atoms with E-state index in [0.717, 1.165) is 37.7 Å². The largest absolute Gasteiger partial charge is 0.496 e. The van der Waals surface area contributed by atoms with Gasteiger partial charge < -0.3 is 9.64 Å². The Hall–Kier alpha value is -2.89. The fourth-order valence-electron chi connectivity index (χ4n) is 4.04. The SMILES string of the molecule is CCCN(Cc1ccc(C#N)cc1)C(=O)c1cc(S(=O)(=O)N2CCCCCC2)ccc1OC. The van der Waals surface area contributed by atoms with Crippen molar-refractivity contribution >= 4 is 15.9 Å². The van der Waals surface area contributed by atoms with Gasteiger partial charge >= 0.3 is 0 Å². The Morgan fingerprint density at radius 1 is 1.09 bits per heavy atom. The van der Waals surface area contributed by atoms with E-state index in [1.54, 1.807) is 23.1 Å². The third-order valence-corrected chi connectivity index (χ3v) is 7.74. The van der Waals surface area contributed by atoms with Crippen LogP contribution in [0.15, 0.2) is 47.4 Å². The summed E-state index contributed by atoms with van der Waals surface area (Å²) >= 11 is 0. The van der Waals surface area contributed by atoms with Crippen LogP contribution in [0.5, 0.6) is 5.75 Å². The Balaban J connectivity index is 1.92. The van der Waals surface area contributed by atoms with Gasteiger partial charge in [-0.2, -0.15) is 9.57 Å². The minimum absolute atomic E-state index is 0.114. The second-order valence-corrected chi connectivity index (χ2v) is 10.2. The zero-order chi connectivity index (χ0) is 23.8. The van der Waals surface area contributed by atoms with Crippen LogP contribution >= 0.6 is 0 Å². The Kier molecular flexibility index (Phi) is 8.48. The van der Waals surface area contributed by atoms with Crippen LogP contribution in [0.4, 0.5) is 0 Å². The molecule has 7 nitrogen and oxygen atoms in total. The molecule has 1 saturated heterocycles. The molecule has 0 aliphatic carbocycles. The summed E-state index contributed by atoms with van der Waals surface area (Å²) in [6.07, 6.45) is 4.49. The molecule has 0 atom stereocenters. The van der Waals surface area contributed by atoms with Crippen LogP contribution in [0.25, 0.3) is 0 Å². The molecule has 0 aromatic heterocycles. The quantitative estimate of drug-likeness (QED) is 0.578. The molecular formula is C25H31N3O4S. The zero-order valence-corrected chi connectivity index (χ0v) is 20.1. The Morgan fingerprint density at radius 2 is 1.76 bits per heavy atom. The summed E-state index contributed by atoms with van der Waals surface area (Å²) in [5, 5.41) is 9.01. The summed E-state index contributed by atoms with van der Waals surface area (Å²) in [6.45, 7) is 3.84. The fraction of sp³-hybridized carbons (Fsp3) is 0.440. The monoisotopic (exact) mass is 469 g/mol. The molecule has 1 fully saturated rings. The lowest BCUT2D eigenvalue weighted by Crippen LogP contribution is -2.33. The van der Waals surface area contributed by atoms with E-state index in [9.17, 15) is 13.2 Å². The van der Waals surface area contributed by atoms with Crippen LogP contribution in [-0.2, 0) is 16.6 Å². The van der Waals surface area contributed by atoms with E-state index >= 15 is 0 Å². The number of sulfonamides is 1. The van der Waals surface area contributed by atoms with Gasteiger partial charge in [0.2, 0.25) is 10.0 Å². The maximum absolute atomic E-state index is 13.5. The lowest BCUT2D eigenvalue weighted by atomic mass is 10.1. The van der Waals surface area contributed by atoms with E-state index in [0.29, 0.717) is 37.5 Å². The first-order chi connectivity index (χ1) is 15.9. The van der Waals surface area contributed by atoms with Crippen LogP contribution in [0, 0.1) is 11.3 Å². The number of carbonyl (C=O) groups is 1. The summed E-state index contributed by atoms with van der Waals surface area (Å²) in [5.41, 5.74) is 1.68. The van der Waals surface area contributed by atoms with Gasteiger partial charge in [-0.05, 0) is 55.2 Å². The van der Waals surface area contributed by atoms with Crippen LogP contribution in [0.1, 0.15) is 60.5 Å². The van der Waals surface area contributed by atoms with Crippen LogP contribution in [0.2, 0.25) is 0 Å². The molecule has 176 valence electrons. The molecule has 0 N–H and O–H groups in total. The number of carbonyl (C=O) groups excluding carboxylic acids is 1. The molecule has 8 heteroatoms. The number of nitriles is 1. The van der Waals surface area contributed by atoms with Crippen molar-refractivity contribution in [3.05, 3.63) is 59.2 Å². The molecule has 1 amide bonds. The number of rotatable bonds is 8. The highest BCUT2D eigenvalue weighted by molar-refractivity contribution is 7.89. The summed E-state index contributed by atoms with van der Waals surface area (Å²) in [4.78, 5) is 15.3. The first-order valence-electron chi connectivity index (χ1n) is 11.4. The van der Waals surface area contributed by atoms with Crippen molar-refractivity contribution in [1.29, 1.82) is 5.26 Å². The van der Waals surface area contributed by atoms with E-state index in [1.165, 1.54) is 23.5 Å². The highest BCUT2D eigenvalue weighted by atomic mass is 32.2. The van der Waals surface area contributed by atoms with Gasteiger partial charge in [0.15, 0.2) is 0 Å². The summed E-state index contributed by atoms with van der Waals surface area (Å²) in [5.74, 6) is 0.0572. The second kappa shape index (κ2) is 11.3. The van der Waals surface area contributed by atoms with Crippen LogP contribution < -0.4 is 4.74 Å². The van der Waals surface area contributed by atoms with Gasteiger partial charge in [0.05, 0.1) is 29.2 Å². The summed E-state index contributed by atoms with van der Waals surface area (Å²) < 4.78 is 33.5. The number of nitrogens with zero attached hydrogens (tertiary/aromatic N) is 3. The Bertz CT molecular complexity index is 1100. The predicted octanol–water partition coefficient (Wildman–Crippen LogP) is 4.18. The van der Waals surface area contributed by atoms with Crippen molar-refractivity contribution in [2.24, 2.45) is 0 Å². The minimum Gasteiger partial charge on any atom is -0.496 e. The number of benzene rings is 2. The molecule has 0 radical (unpaired) electrons. The fourth-order valence-corrected chi connectivity index (χ4v) is 5.59. The van der Waals surface area contributed by atoms with Crippen molar-refractivity contribution < 1.29 is 17.9 Å². The molecule has 1 heterocycles. The van der Waals surface area contributed by atoms with E-state index in [1.807, 2.05) is 19.1 Å². The first kappa shape index (κ1) is 24.7. The smallest absolute Gasteiger partial charge is 0.257 e. The van der Waals surface area contributed by atoms with Crippen LogP contribution in [-0.4, -0.2) is 50.3 Å². The van der Waals surface area contributed by atoms with Gasteiger partial charge in [-0.3, -0.25) is 4.79 Å². The van der Waals surface area contributed by atoms with Crippen molar-refractivity contribution in [1.82, 2.24) is 9.21 Å². The lowest BCUT2D eigenvalue weighted by Gasteiger charge is -2.24. The minimum atomic E-state index is -3.69. The number of amides is 1. The van der Waals surface area contributed by atoms with Gasteiger partial charge in [0.1, 0.15) is 5.75 Å². The standard InChI is InChI=1S/C25H31N3O4S/c1-3-14-27(19-21-10-8-20(18-26)9-11-21)25(29)23-17-22(12-13-24(23)32-2)33(30,31)28-15-6-4-5-7-16-28/h8-13,17H,3-7,14-16,19H2,1-2H3. The third kappa shape index (κ3) is 5.92. The Morgan fingerprint density at radius 3 is 2.33 bits per heavy atom. The van der Waals surface area contributed by atoms with E-state index in [-0.39, 0.29) is 16.4 Å². The Labute approximate surface area is 196 Å². The van der Waals surface area contributed by atoms with E-state index in [4.69, 9.17) is 10.00 Å². The van der Waals surface area contributed by atoms with Gasteiger partial charge in [-0.15, -0.1) is 0 Å². The lowest BCUT2D eigenvalue weighted by molar-refractivity contribution is 0.0739. The molecule has 3 rings (SSSR count). The summed E-state index contributed by atoms with van der Waals surface area (Å²) in [7, 11) is -2.22.